The fourth-order valence-corrected chi connectivity index (χ4v) is 6.19. The predicted octanol–water partition coefficient (Wildman–Crippen LogP) is 1.64. The summed E-state index contributed by atoms with van der Waals surface area (Å²) in [6, 6.07) is 9.24. The highest BCUT2D eigenvalue weighted by molar-refractivity contribution is 7.93. The third-order valence-corrected chi connectivity index (χ3v) is 8.83. The zero-order valence-electron chi connectivity index (χ0n) is 18.5. The van der Waals surface area contributed by atoms with E-state index < -0.39 is 32.3 Å². The highest BCUT2D eigenvalue weighted by Gasteiger charge is 2.49. The molecule has 2 unspecified atom stereocenters. The molecule has 9 heteroatoms. The van der Waals surface area contributed by atoms with E-state index in [1.54, 1.807) is 18.2 Å². The van der Waals surface area contributed by atoms with Crippen molar-refractivity contribution in [3.05, 3.63) is 36.4 Å². The van der Waals surface area contributed by atoms with Crippen molar-refractivity contribution < 1.29 is 22.7 Å². The Morgan fingerprint density at radius 1 is 1.12 bits per heavy atom. The number of amides is 1. The van der Waals surface area contributed by atoms with Crippen LogP contribution in [0.3, 0.4) is 0 Å². The second kappa shape index (κ2) is 9.56. The number of ether oxygens (including phenoxy) is 1. The van der Waals surface area contributed by atoms with E-state index in [-0.39, 0.29) is 24.3 Å². The van der Waals surface area contributed by atoms with Gasteiger partial charge in [-0.05, 0) is 80.9 Å². The number of carbonyl (C=O) groups excluding carboxylic acids is 2. The van der Waals surface area contributed by atoms with Crippen LogP contribution in [0.5, 0.6) is 5.75 Å². The molecule has 1 saturated heterocycles. The Hall–Kier alpha value is -2.49. The SMILES string of the molecule is COc1ccc2ccc(S(=O)(=O)C(C)(CC(C(N)=O)N3CCCC3)C(=O)CCN)cc2c1. The number of benzene rings is 2. The van der Waals surface area contributed by atoms with Crippen LogP contribution in [0.4, 0.5) is 0 Å². The summed E-state index contributed by atoms with van der Waals surface area (Å²) in [7, 11) is -2.64. The van der Waals surface area contributed by atoms with Crippen LogP contribution in [0, 0.1) is 0 Å². The summed E-state index contributed by atoms with van der Waals surface area (Å²) < 4.78 is 31.2. The molecule has 2 atom stereocenters. The number of fused-ring (bicyclic) bond motifs is 1. The van der Waals surface area contributed by atoms with Crippen LogP contribution >= 0.6 is 0 Å². The van der Waals surface area contributed by atoms with E-state index in [0.717, 1.165) is 18.2 Å². The van der Waals surface area contributed by atoms with Gasteiger partial charge in [0.25, 0.3) is 0 Å². The molecular formula is C23H31N3O5S. The normalized spacial score (nSPS) is 17.7. The lowest BCUT2D eigenvalue weighted by atomic mass is 9.93. The Labute approximate surface area is 188 Å². The van der Waals surface area contributed by atoms with E-state index in [1.165, 1.54) is 26.2 Å². The van der Waals surface area contributed by atoms with Crippen molar-refractivity contribution in [2.45, 2.75) is 48.3 Å². The van der Waals surface area contributed by atoms with Crippen molar-refractivity contribution >= 4 is 32.3 Å². The van der Waals surface area contributed by atoms with Gasteiger partial charge in [0, 0.05) is 6.42 Å². The van der Waals surface area contributed by atoms with Crippen LogP contribution in [-0.2, 0) is 19.4 Å². The highest BCUT2D eigenvalue weighted by Crippen LogP contribution is 2.35. The molecule has 1 aliphatic heterocycles. The lowest BCUT2D eigenvalue weighted by Gasteiger charge is -2.34. The largest absolute Gasteiger partial charge is 0.497 e. The first-order valence-corrected chi connectivity index (χ1v) is 12.2. The monoisotopic (exact) mass is 461 g/mol. The van der Waals surface area contributed by atoms with Crippen molar-refractivity contribution in [3.8, 4) is 5.75 Å². The lowest BCUT2D eigenvalue weighted by molar-refractivity contribution is -0.125. The first kappa shape index (κ1) is 24.2. The van der Waals surface area contributed by atoms with Gasteiger partial charge in [0.15, 0.2) is 15.6 Å². The number of nitrogens with zero attached hydrogens (tertiary/aromatic N) is 1. The average molecular weight is 462 g/mol. The van der Waals surface area contributed by atoms with E-state index in [4.69, 9.17) is 16.2 Å². The Morgan fingerprint density at radius 3 is 2.38 bits per heavy atom. The van der Waals surface area contributed by atoms with Crippen LogP contribution < -0.4 is 16.2 Å². The molecule has 1 amide bonds. The summed E-state index contributed by atoms with van der Waals surface area (Å²) in [6.07, 6.45) is 1.48. The van der Waals surface area contributed by atoms with Crippen LogP contribution in [0.15, 0.2) is 41.3 Å². The zero-order valence-corrected chi connectivity index (χ0v) is 19.4. The maximum Gasteiger partial charge on any atom is 0.234 e. The minimum absolute atomic E-state index is 0.00997. The van der Waals surface area contributed by atoms with Gasteiger partial charge in [0.2, 0.25) is 5.91 Å². The molecule has 0 aromatic heterocycles. The van der Waals surface area contributed by atoms with Gasteiger partial charge in [-0.15, -0.1) is 0 Å². The molecular weight excluding hydrogens is 430 g/mol. The van der Waals surface area contributed by atoms with Gasteiger partial charge < -0.3 is 16.2 Å². The minimum Gasteiger partial charge on any atom is -0.497 e. The molecule has 8 nitrogen and oxygen atoms in total. The third-order valence-electron chi connectivity index (χ3n) is 6.38. The molecule has 1 heterocycles. The first-order chi connectivity index (χ1) is 15.1. The van der Waals surface area contributed by atoms with Crippen molar-refractivity contribution in [1.82, 2.24) is 4.90 Å². The maximum absolute atomic E-state index is 13.9. The molecule has 0 bridgehead atoms. The summed E-state index contributed by atoms with van der Waals surface area (Å²) in [5.74, 6) is -0.551. The van der Waals surface area contributed by atoms with Gasteiger partial charge in [0.05, 0.1) is 18.0 Å². The number of rotatable bonds is 10. The van der Waals surface area contributed by atoms with Gasteiger partial charge in [-0.3, -0.25) is 14.5 Å². The summed E-state index contributed by atoms with van der Waals surface area (Å²) in [5.41, 5.74) is 11.3. The number of likely N-dealkylation sites (tertiary alicyclic amines) is 1. The Bertz CT molecular complexity index is 1110. The number of sulfone groups is 1. The van der Waals surface area contributed by atoms with Gasteiger partial charge >= 0.3 is 0 Å². The number of methoxy groups -OCH3 is 1. The molecule has 4 N–H and O–H groups in total. The van der Waals surface area contributed by atoms with Gasteiger partial charge in [0.1, 0.15) is 10.5 Å². The van der Waals surface area contributed by atoms with E-state index in [2.05, 4.69) is 0 Å². The Balaban J connectivity index is 2.09. The van der Waals surface area contributed by atoms with E-state index in [1.807, 2.05) is 11.0 Å². The van der Waals surface area contributed by atoms with Crippen LogP contribution in [0.25, 0.3) is 10.8 Å². The van der Waals surface area contributed by atoms with Gasteiger partial charge in [-0.2, -0.15) is 0 Å². The van der Waals surface area contributed by atoms with Crippen molar-refractivity contribution in [2.24, 2.45) is 11.5 Å². The molecule has 1 aliphatic rings. The lowest BCUT2D eigenvalue weighted by Crippen LogP contribution is -2.53. The first-order valence-electron chi connectivity index (χ1n) is 10.7. The quantitative estimate of drug-likeness (QED) is 0.549. The van der Waals surface area contributed by atoms with Crippen molar-refractivity contribution in [3.63, 3.8) is 0 Å². The fraction of sp³-hybridized carbons (Fsp3) is 0.478. The Morgan fingerprint density at radius 2 is 1.78 bits per heavy atom. The van der Waals surface area contributed by atoms with Crippen molar-refractivity contribution in [1.29, 1.82) is 0 Å². The second-order valence-corrected chi connectivity index (χ2v) is 10.8. The molecule has 3 rings (SSSR count). The molecule has 2 aromatic carbocycles. The number of carbonyl (C=O) groups is 2. The van der Waals surface area contributed by atoms with Crippen LogP contribution in [0.2, 0.25) is 0 Å². The van der Waals surface area contributed by atoms with Gasteiger partial charge in [-0.1, -0.05) is 12.1 Å². The molecule has 0 spiro atoms. The maximum atomic E-state index is 13.9. The van der Waals surface area contributed by atoms with Crippen molar-refractivity contribution in [2.75, 3.05) is 26.7 Å². The summed E-state index contributed by atoms with van der Waals surface area (Å²) in [5, 5.41) is 1.51. The summed E-state index contributed by atoms with van der Waals surface area (Å²) in [6.45, 7) is 2.70. The molecule has 174 valence electrons. The fourth-order valence-electron chi connectivity index (χ4n) is 4.36. The molecule has 1 fully saturated rings. The van der Waals surface area contributed by atoms with E-state index in [0.29, 0.717) is 24.2 Å². The number of ketones is 1. The minimum atomic E-state index is -4.17. The number of nitrogens with two attached hydrogens (primary N) is 2. The van der Waals surface area contributed by atoms with E-state index >= 15 is 0 Å². The van der Waals surface area contributed by atoms with E-state index in [9.17, 15) is 18.0 Å². The molecule has 0 aliphatic carbocycles. The van der Waals surface area contributed by atoms with Crippen LogP contribution in [-0.4, -0.2) is 62.5 Å². The molecule has 0 saturated carbocycles. The third kappa shape index (κ3) is 4.51. The predicted molar refractivity (Wildman–Crippen MR) is 123 cm³/mol. The number of hydrogen-bond donors (Lipinski definition) is 2. The summed E-state index contributed by atoms with van der Waals surface area (Å²) in [4.78, 5) is 27.3. The molecule has 32 heavy (non-hydrogen) atoms. The average Bonchev–Trinajstić information content (AvgIpc) is 3.30. The second-order valence-electron chi connectivity index (χ2n) is 8.44. The van der Waals surface area contributed by atoms with Gasteiger partial charge in [-0.25, -0.2) is 8.42 Å². The zero-order chi connectivity index (χ0) is 23.5. The molecule has 0 radical (unpaired) electrons. The topological polar surface area (TPSA) is 133 Å². The molecule has 2 aromatic rings. The Kier molecular flexibility index (Phi) is 7.22. The number of primary amides is 1. The standard InChI is InChI=1S/C23H31N3O5S/c1-23(21(27)9-10-24,15-20(22(25)28)26-11-3-4-12-26)32(29,30)19-8-6-16-5-7-18(31-2)13-17(16)14-19/h5-8,13-14,20H,3-4,9-12,15,24H2,1-2H3,(H2,25,28). The number of Topliss-reactive ketones (excluding diaryl/α,β-unsaturated/α-hetero) is 1. The highest BCUT2D eigenvalue weighted by atomic mass is 32.2. The number of hydrogen-bond acceptors (Lipinski definition) is 7. The smallest absolute Gasteiger partial charge is 0.234 e. The van der Waals surface area contributed by atoms with Crippen LogP contribution in [0.1, 0.15) is 32.6 Å². The summed E-state index contributed by atoms with van der Waals surface area (Å²) >= 11 is 0.